The zero-order valence-corrected chi connectivity index (χ0v) is 22.2. The fraction of sp³-hybridized carbons (Fsp3) is 0.750. The second kappa shape index (κ2) is 16.2. The van der Waals surface area contributed by atoms with Crippen molar-refractivity contribution in [3.8, 4) is 0 Å². The predicted octanol–water partition coefficient (Wildman–Crippen LogP) is 5.85. The first kappa shape index (κ1) is 29.5. The number of nitrogens with zero attached hydrogens (tertiary/aromatic N) is 3. The standard InChI is InChI=1S/C10H23O2PS2.C6H8ClN5O2S/c1-6-9(4)14-13(11,12-8-3)15-10(5)7-2;1-8-6(11-12(13)14)10-3-4-2-9-5(7)15-4/h9-10H,6-8H2,1-5H3;2H,3H2,1H3,(H2,8,10,11). The van der Waals surface area contributed by atoms with Crippen LogP contribution in [-0.4, -0.2) is 40.1 Å². The van der Waals surface area contributed by atoms with Crippen molar-refractivity contribution < 1.29 is 14.1 Å². The average molecular weight is 520 g/mol. The van der Waals surface area contributed by atoms with Crippen LogP contribution in [0.3, 0.4) is 0 Å². The third-order valence-electron chi connectivity index (χ3n) is 3.43. The first-order chi connectivity index (χ1) is 14.1. The molecule has 30 heavy (non-hydrogen) atoms. The molecule has 0 aliphatic heterocycles. The Balaban J connectivity index is 0.000000561. The summed E-state index contributed by atoms with van der Waals surface area (Å²) in [5.41, 5.74) is 0. The maximum atomic E-state index is 12.5. The molecule has 2 N–H and O–H groups in total. The van der Waals surface area contributed by atoms with Gasteiger partial charge in [-0.25, -0.2) is 15.1 Å². The van der Waals surface area contributed by atoms with Gasteiger partial charge in [-0.2, -0.15) is 0 Å². The van der Waals surface area contributed by atoms with Crippen LogP contribution in [0.4, 0.5) is 0 Å². The molecule has 0 saturated carbocycles. The fourth-order valence-electron chi connectivity index (χ4n) is 1.63. The molecule has 0 radical (unpaired) electrons. The predicted molar refractivity (Wildman–Crippen MR) is 131 cm³/mol. The van der Waals surface area contributed by atoms with E-state index in [0.717, 1.165) is 17.7 Å². The van der Waals surface area contributed by atoms with E-state index in [1.165, 1.54) is 41.1 Å². The second-order valence-electron chi connectivity index (χ2n) is 5.88. The number of thiazole rings is 1. The van der Waals surface area contributed by atoms with Gasteiger partial charge in [-0.05, 0) is 19.8 Å². The average Bonchev–Trinajstić information content (AvgIpc) is 3.10. The van der Waals surface area contributed by atoms with Gasteiger partial charge in [-0.15, -0.1) is 11.3 Å². The molecule has 9 nitrogen and oxygen atoms in total. The van der Waals surface area contributed by atoms with Gasteiger partial charge in [0, 0.05) is 28.6 Å². The Bertz CT molecular complexity index is 694. The second-order valence-corrected chi connectivity index (χ2v) is 15.6. The molecule has 0 saturated heterocycles. The summed E-state index contributed by atoms with van der Waals surface area (Å²) in [4.78, 5) is 14.8. The molecule has 14 heteroatoms. The molecular formula is C16H31ClN5O4PS3. The number of aromatic nitrogens is 1. The number of hydrogen-bond donors (Lipinski definition) is 2. The number of halogens is 1. The van der Waals surface area contributed by atoms with Crippen molar-refractivity contribution in [1.82, 2.24) is 15.6 Å². The molecule has 2 atom stereocenters. The van der Waals surface area contributed by atoms with E-state index in [0.29, 0.717) is 28.1 Å². The molecule has 174 valence electrons. The van der Waals surface area contributed by atoms with Crippen molar-refractivity contribution in [2.75, 3.05) is 13.7 Å². The number of guanidine groups is 1. The van der Waals surface area contributed by atoms with Crippen molar-refractivity contribution in [2.24, 2.45) is 5.10 Å². The monoisotopic (exact) mass is 519 g/mol. The highest BCUT2D eigenvalue weighted by atomic mass is 35.5. The molecule has 2 unspecified atom stereocenters. The molecular weight excluding hydrogens is 489 g/mol. The van der Waals surface area contributed by atoms with Gasteiger partial charge in [-0.1, -0.05) is 62.1 Å². The van der Waals surface area contributed by atoms with Crippen LogP contribution in [0.25, 0.3) is 0 Å². The normalized spacial score (nSPS) is 15.4. The number of nitro groups is 1. The lowest BCUT2D eigenvalue weighted by Gasteiger charge is -2.21. The number of hydrogen-bond acceptors (Lipinski definition) is 8. The Labute approximate surface area is 195 Å². The largest absolute Gasteiger partial charge is 0.354 e. The lowest BCUT2D eigenvalue weighted by Crippen LogP contribution is -2.34. The molecule has 0 amide bonds. The van der Waals surface area contributed by atoms with E-state index in [9.17, 15) is 14.7 Å². The minimum Gasteiger partial charge on any atom is -0.354 e. The molecule has 0 spiro atoms. The topological polar surface area (TPSA) is 119 Å². The van der Waals surface area contributed by atoms with Crippen LogP contribution in [-0.2, 0) is 15.6 Å². The van der Waals surface area contributed by atoms with Gasteiger partial charge in [-0.3, -0.25) is 4.57 Å². The number of hydrazone groups is 1. The van der Waals surface area contributed by atoms with Crippen LogP contribution < -0.4 is 10.6 Å². The first-order valence-electron chi connectivity index (χ1n) is 9.45. The van der Waals surface area contributed by atoms with Crippen LogP contribution >= 0.6 is 51.5 Å². The zero-order chi connectivity index (χ0) is 23.2. The number of nitrogens with one attached hydrogen (secondary N) is 2. The quantitative estimate of drug-likeness (QED) is 0.122. The molecule has 0 aliphatic rings. The van der Waals surface area contributed by atoms with E-state index in [4.69, 9.17) is 16.1 Å². The van der Waals surface area contributed by atoms with Crippen LogP contribution in [0.15, 0.2) is 11.3 Å². The van der Waals surface area contributed by atoms with Crippen LogP contribution in [0.5, 0.6) is 0 Å². The van der Waals surface area contributed by atoms with E-state index in [1.54, 1.807) is 6.20 Å². The van der Waals surface area contributed by atoms with E-state index in [2.05, 4.69) is 48.4 Å². The molecule has 0 bridgehead atoms. The van der Waals surface area contributed by atoms with Crippen molar-refractivity contribution in [1.29, 1.82) is 0 Å². The van der Waals surface area contributed by atoms with E-state index < -0.39 is 10.8 Å². The molecule has 0 aromatic carbocycles. The van der Waals surface area contributed by atoms with Gasteiger partial charge >= 0.3 is 5.77 Å². The SMILES string of the molecule is CCOP(=O)(SC(C)CC)SC(C)CC.CN/C(=N\[N+](=O)[O-])NCc1cnc(Cl)s1. The van der Waals surface area contributed by atoms with Crippen molar-refractivity contribution >= 4 is 57.4 Å². The highest BCUT2D eigenvalue weighted by Gasteiger charge is 2.28. The van der Waals surface area contributed by atoms with E-state index in [-0.39, 0.29) is 5.96 Å². The highest BCUT2D eigenvalue weighted by molar-refractivity contribution is 8.89. The smallest absolute Gasteiger partial charge is 0.313 e. The van der Waals surface area contributed by atoms with Crippen molar-refractivity contribution in [3.63, 3.8) is 0 Å². The third kappa shape index (κ3) is 13.7. The lowest BCUT2D eigenvalue weighted by atomic mass is 10.4. The summed E-state index contributed by atoms with van der Waals surface area (Å²) >= 11 is 9.94. The van der Waals surface area contributed by atoms with E-state index in [1.807, 2.05) is 6.92 Å². The Morgan fingerprint density at radius 1 is 1.37 bits per heavy atom. The van der Waals surface area contributed by atoms with Gasteiger partial charge < -0.3 is 15.2 Å². The highest BCUT2D eigenvalue weighted by Crippen LogP contribution is 2.72. The third-order valence-corrected chi connectivity index (χ3v) is 12.9. The summed E-state index contributed by atoms with van der Waals surface area (Å²) < 4.78 is 18.3. The van der Waals surface area contributed by atoms with Gasteiger partial charge in [0.2, 0.25) is 0 Å². The molecule has 1 aromatic heterocycles. The van der Waals surface area contributed by atoms with Crippen molar-refractivity contribution in [3.05, 3.63) is 25.7 Å². The number of rotatable bonds is 11. The van der Waals surface area contributed by atoms with Crippen LogP contribution in [0, 0.1) is 10.1 Å². The Morgan fingerprint density at radius 2 is 1.93 bits per heavy atom. The fourth-order valence-corrected chi connectivity index (χ4v) is 12.0. The van der Waals surface area contributed by atoms with Crippen LogP contribution in [0.1, 0.15) is 52.3 Å². The Kier molecular flexibility index (Phi) is 15.9. The summed E-state index contributed by atoms with van der Waals surface area (Å²) in [7, 11) is 1.54. The maximum Gasteiger partial charge on any atom is 0.313 e. The van der Waals surface area contributed by atoms with E-state index >= 15 is 0 Å². The minimum atomic E-state index is -2.53. The maximum absolute atomic E-state index is 12.5. The summed E-state index contributed by atoms with van der Waals surface area (Å²) in [5.74, 6) is -2.44. The summed E-state index contributed by atoms with van der Waals surface area (Å²) in [6, 6.07) is 0. The lowest BCUT2D eigenvalue weighted by molar-refractivity contribution is -0.485. The minimum absolute atomic E-state index is 0.0875. The van der Waals surface area contributed by atoms with Gasteiger partial charge in [0.1, 0.15) is 5.10 Å². The molecule has 0 aliphatic carbocycles. The molecule has 1 aromatic rings. The molecule has 0 fully saturated rings. The van der Waals surface area contributed by atoms with Gasteiger partial charge in [0.25, 0.3) is 5.96 Å². The van der Waals surface area contributed by atoms with Crippen molar-refractivity contribution in [2.45, 2.75) is 64.5 Å². The van der Waals surface area contributed by atoms with Crippen LogP contribution in [0.2, 0.25) is 4.47 Å². The molecule has 1 rings (SSSR count). The molecule has 1 heterocycles. The van der Waals surface area contributed by atoms with Gasteiger partial charge in [0.15, 0.2) is 9.50 Å². The summed E-state index contributed by atoms with van der Waals surface area (Å²) in [6.45, 7) is 11.3. The Hall–Kier alpha value is -0.520. The Morgan fingerprint density at radius 3 is 2.30 bits per heavy atom. The zero-order valence-electron chi connectivity index (χ0n) is 18.1. The summed E-state index contributed by atoms with van der Waals surface area (Å²) in [5, 5.41) is 18.5. The first-order valence-corrected chi connectivity index (χ1v) is 15.2. The summed E-state index contributed by atoms with van der Waals surface area (Å²) in [6.07, 6.45) is 3.66. The van der Waals surface area contributed by atoms with Gasteiger partial charge in [0.05, 0.1) is 13.2 Å².